The minimum Gasteiger partial charge on any atom is -0.453 e. The number of methoxy groups -OCH3 is 1. The summed E-state index contributed by atoms with van der Waals surface area (Å²) in [6, 6.07) is 24.5. The third-order valence-corrected chi connectivity index (χ3v) is 4.80. The van der Waals surface area contributed by atoms with E-state index in [4.69, 9.17) is 5.26 Å². The molecule has 158 valence electrons. The zero-order chi connectivity index (χ0) is 22.9. The fourth-order valence-corrected chi connectivity index (χ4v) is 3.21. The van der Waals surface area contributed by atoms with Crippen LogP contribution in [0.15, 0.2) is 72.8 Å². The molecular formula is C25H20N4O3. The number of hydrogen-bond acceptors (Lipinski definition) is 5. The Bertz CT molecular complexity index is 1210. The van der Waals surface area contributed by atoms with E-state index in [1.165, 1.54) is 7.11 Å². The van der Waals surface area contributed by atoms with Crippen molar-refractivity contribution in [2.75, 3.05) is 12.4 Å². The van der Waals surface area contributed by atoms with Crippen molar-refractivity contribution in [2.24, 2.45) is 0 Å². The van der Waals surface area contributed by atoms with E-state index >= 15 is 0 Å². The van der Waals surface area contributed by atoms with Crippen LogP contribution in [-0.2, 0) is 16.0 Å². The number of carbonyl (C=O) groups excluding carboxylic acids is 2. The molecule has 0 unspecified atom stereocenters. The monoisotopic (exact) mass is 424 g/mol. The number of carbonyl (C=O) groups is 2. The summed E-state index contributed by atoms with van der Waals surface area (Å²) in [7, 11) is 1.22. The molecule has 7 heteroatoms. The molecule has 0 aliphatic rings. The lowest BCUT2D eigenvalue weighted by Crippen LogP contribution is -2.45. The van der Waals surface area contributed by atoms with E-state index in [1.807, 2.05) is 24.3 Å². The third kappa shape index (κ3) is 5.50. The highest BCUT2D eigenvalue weighted by Crippen LogP contribution is 2.24. The quantitative estimate of drug-likeness (QED) is 0.621. The fourth-order valence-electron chi connectivity index (χ4n) is 3.21. The van der Waals surface area contributed by atoms with E-state index in [1.54, 1.807) is 48.5 Å². The summed E-state index contributed by atoms with van der Waals surface area (Å²) in [5, 5.41) is 23.7. The predicted molar refractivity (Wildman–Crippen MR) is 119 cm³/mol. The van der Waals surface area contributed by atoms with Gasteiger partial charge in [-0.05, 0) is 47.0 Å². The number of nitrogens with zero attached hydrogens (tertiary/aromatic N) is 2. The highest BCUT2D eigenvalue weighted by Gasteiger charge is 2.22. The van der Waals surface area contributed by atoms with E-state index in [2.05, 4.69) is 27.5 Å². The van der Waals surface area contributed by atoms with Crippen LogP contribution in [0.3, 0.4) is 0 Å². The van der Waals surface area contributed by atoms with Crippen LogP contribution < -0.4 is 10.6 Å². The molecule has 0 saturated carbocycles. The second-order valence-corrected chi connectivity index (χ2v) is 6.93. The summed E-state index contributed by atoms with van der Waals surface area (Å²) in [4.78, 5) is 24.7. The first kappa shape index (κ1) is 22.1. The molecular weight excluding hydrogens is 404 g/mol. The summed E-state index contributed by atoms with van der Waals surface area (Å²) in [6.45, 7) is 0. The molecule has 0 bridgehead atoms. The van der Waals surface area contributed by atoms with Gasteiger partial charge in [-0.1, -0.05) is 42.5 Å². The Morgan fingerprint density at radius 3 is 2.41 bits per heavy atom. The van der Waals surface area contributed by atoms with Gasteiger partial charge in [0, 0.05) is 12.1 Å². The summed E-state index contributed by atoms with van der Waals surface area (Å²) < 4.78 is 4.64. The number of ether oxygens (including phenoxy) is 1. The second-order valence-electron chi connectivity index (χ2n) is 6.93. The number of anilines is 1. The zero-order valence-electron chi connectivity index (χ0n) is 17.3. The van der Waals surface area contributed by atoms with Crippen molar-refractivity contribution in [1.29, 1.82) is 10.5 Å². The van der Waals surface area contributed by atoms with Crippen LogP contribution in [0, 0.1) is 22.7 Å². The smallest absolute Gasteiger partial charge is 0.407 e. The number of alkyl carbamates (subject to hydrolysis) is 1. The molecule has 3 aromatic rings. The highest BCUT2D eigenvalue weighted by molar-refractivity contribution is 5.97. The van der Waals surface area contributed by atoms with Crippen LogP contribution >= 0.6 is 0 Å². The van der Waals surface area contributed by atoms with E-state index in [0.29, 0.717) is 16.8 Å². The molecule has 3 rings (SSSR count). The molecule has 0 aliphatic heterocycles. The van der Waals surface area contributed by atoms with E-state index < -0.39 is 18.0 Å². The Kier molecular flexibility index (Phi) is 7.19. The maximum absolute atomic E-state index is 12.9. The fraction of sp³-hybridized carbons (Fsp3) is 0.120. The average Bonchev–Trinajstić information content (AvgIpc) is 2.84. The Morgan fingerprint density at radius 2 is 1.72 bits per heavy atom. The molecule has 32 heavy (non-hydrogen) atoms. The lowest BCUT2D eigenvalue weighted by molar-refractivity contribution is -0.118. The molecule has 0 saturated heterocycles. The first-order chi connectivity index (χ1) is 15.5. The summed E-state index contributed by atoms with van der Waals surface area (Å²) >= 11 is 0. The van der Waals surface area contributed by atoms with Gasteiger partial charge in [-0.25, -0.2) is 4.79 Å². The SMILES string of the molecule is COC(=O)N[C@@H](Cc1cccc(C#N)c1)C(=O)Nc1ccc(-c2ccccc2C#N)cc1. The van der Waals surface area contributed by atoms with Crippen LogP contribution in [0.4, 0.5) is 10.5 Å². The van der Waals surface area contributed by atoms with Crippen LogP contribution in [0.5, 0.6) is 0 Å². The topological polar surface area (TPSA) is 115 Å². The van der Waals surface area contributed by atoms with Gasteiger partial charge >= 0.3 is 6.09 Å². The molecule has 0 fully saturated rings. The summed E-state index contributed by atoms with van der Waals surface area (Å²) in [5.74, 6) is -0.428. The van der Waals surface area contributed by atoms with Crippen molar-refractivity contribution in [3.8, 4) is 23.3 Å². The van der Waals surface area contributed by atoms with Crippen LogP contribution in [-0.4, -0.2) is 25.2 Å². The maximum Gasteiger partial charge on any atom is 0.407 e. The first-order valence-electron chi connectivity index (χ1n) is 9.78. The van der Waals surface area contributed by atoms with Gasteiger partial charge in [0.2, 0.25) is 5.91 Å². The van der Waals surface area contributed by atoms with E-state index in [0.717, 1.165) is 16.7 Å². The van der Waals surface area contributed by atoms with E-state index in [9.17, 15) is 14.9 Å². The predicted octanol–water partition coefficient (Wildman–Crippen LogP) is 4.00. The molecule has 7 nitrogen and oxygen atoms in total. The lowest BCUT2D eigenvalue weighted by Gasteiger charge is -2.18. The highest BCUT2D eigenvalue weighted by atomic mass is 16.5. The minimum absolute atomic E-state index is 0.185. The molecule has 0 aromatic heterocycles. The van der Waals surface area contributed by atoms with Gasteiger partial charge in [0.25, 0.3) is 0 Å². The standard InChI is InChI=1S/C25H20N4O3/c1-32-25(31)29-23(14-17-5-4-6-18(13-17)15-26)24(30)28-21-11-9-19(10-12-21)22-8-3-2-7-20(22)16-27/h2-13,23H,14H2,1H3,(H,28,30)(H,29,31)/t23-/m0/s1. The van der Waals surface area contributed by atoms with Gasteiger partial charge in [-0.3, -0.25) is 4.79 Å². The van der Waals surface area contributed by atoms with Gasteiger partial charge in [0.1, 0.15) is 6.04 Å². The Morgan fingerprint density at radius 1 is 0.969 bits per heavy atom. The van der Waals surface area contributed by atoms with Gasteiger partial charge < -0.3 is 15.4 Å². The Balaban J connectivity index is 1.77. The summed E-state index contributed by atoms with van der Waals surface area (Å²) in [5.41, 5.74) is 3.94. The number of rotatable bonds is 6. The van der Waals surface area contributed by atoms with E-state index in [-0.39, 0.29) is 6.42 Å². The molecule has 0 heterocycles. The molecule has 0 radical (unpaired) electrons. The average molecular weight is 424 g/mol. The normalized spacial score (nSPS) is 10.8. The molecule has 1 atom stereocenters. The zero-order valence-corrected chi connectivity index (χ0v) is 17.3. The minimum atomic E-state index is -0.907. The van der Waals surface area contributed by atoms with Crippen molar-refractivity contribution in [1.82, 2.24) is 5.32 Å². The molecule has 2 amide bonds. The van der Waals surface area contributed by atoms with Gasteiger partial charge in [-0.15, -0.1) is 0 Å². The number of amides is 2. The van der Waals surface area contributed by atoms with Gasteiger partial charge in [0.05, 0.1) is 30.4 Å². The second kappa shape index (κ2) is 10.4. The largest absolute Gasteiger partial charge is 0.453 e. The maximum atomic E-state index is 12.9. The Hall–Kier alpha value is -4.62. The third-order valence-electron chi connectivity index (χ3n) is 4.80. The lowest BCUT2D eigenvalue weighted by atomic mass is 10.00. The molecule has 0 aliphatic carbocycles. The van der Waals surface area contributed by atoms with Crippen molar-refractivity contribution in [2.45, 2.75) is 12.5 Å². The molecule has 0 spiro atoms. The molecule has 3 aromatic carbocycles. The van der Waals surface area contributed by atoms with Crippen molar-refractivity contribution < 1.29 is 14.3 Å². The van der Waals surface area contributed by atoms with Gasteiger partial charge in [-0.2, -0.15) is 10.5 Å². The van der Waals surface area contributed by atoms with Crippen molar-refractivity contribution in [3.05, 3.63) is 89.5 Å². The Labute approximate surface area is 185 Å². The van der Waals surface area contributed by atoms with Crippen LogP contribution in [0.25, 0.3) is 11.1 Å². The van der Waals surface area contributed by atoms with Crippen molar-refractivity contribution >= 4 is 17.7 Å². The molecule has 2 N–H and O–H groups in total. The van der Waals surface area contributed by atoms with Crippen LogP contribution in [0.1, 0.15) is 16.7 Å². The first-order valence-corrected chi connectivity index (χ1v) is 9.78. The van der Waals surface area contributed by atoms with Crippen molar-refractivity contribution in [3.63, 3.8) is 0 Å². The van der Waals surface area contributed by atoms with Gasteiger partial charge in [0.15, 0.2) is 0 Å². The van der Waals surface area contributed by atoms with Crippen LogP contribution in [0.2, 0.25) is 0 Å². The summed E-state index contributed by atoms with van der Waals surface area (Å²) in [6.07, 6.45) is -0.547. The number of nitriles is 2. The number of nitrogens with one attached hydrogen (secondary N) is 2. The number of benzene rings is 3. The number of hydrogen-bond donors (Lipinski definition) is 2.